The smallest absolute Gasteiger partial charge is 0.123 e. The standard InChI is InChI=1S/C18H22FN/c1-3-14-7-9-15(10-8-14)12-18(2,13-20)16-5-4-6-17(19)11-16/h4-11H,3,12-13,20H2,1-2H3. The summed E-state index contributed by atoms with van der Waals surface area (Å²) >= 11 is 0. The topological polar surface area (TPSA) is 26.0 Å². The Bertz CT molecular complexity index is 562. The number of aryl methyl sites for hydroxylation is 1. The molecule has 106 valence electrons. The molecule has 2 heteroatoms. The van der Waals surface area contributed by atoms with E-state index in [0.717, 1.165) is 18.4 Å². The van der Waals surface area contributed by atoms with E-state index in [-0.39, 0.29) is 11.2 Å². The molecule has 2 rings (SSSR count). The quantitative estimate of drug-likeness (QED) is 0.878. The Morgan fingerprint density at radius 2 is 1.70 bits per heavy atom. The highest BCUT2D eigenvalue weighted by molar-refractivity contribution is 5.31. The van der Waals surface area contributed by atoms with Crippen molar-refractivity contribution in [3.8, 4) is 0 Å². The van der Waals surface area contributed by atoms with Crippen molar-refractivity contribution in [2.24, 2.45) is 5.73 Å². The zero-order chi connectivity index (χ0) is 14.6. The van der Waals surface area contributed by atoms with Crippen LogP contribution in [0.5, 0.6) is 0 Å². The minimum absolute atomic E-state index is 0.205. The van der Waals surface area contributed by atoms with Crippen molar-refractivity contribution in [2.45, 2.75) is 32.1 Å². The Kier molecular flexibility index (Phi) is 4.56. The summed E-state index contributed by atoms with van der Waals surface area (Å²) in [4.78, 5) is 0. The molecule has 2 aromatic carbocycles. The molecule has 0 aliphatic rings. The lowest BCUT2D eigenvalue weighted by atomic mass is 9.77. The Labute approximate surface area is 120 Å². The molecule has 0 aromatic heterocycles. The van der Waals surface area contributed by atoms with Crippen LogP contribution in [0.25, 0.3) is 0 Å². The van der Waals surface area contributed by atoms with Crippen molar-refractivity contribution in [2.75, 3.05) is 6.54 Å². The molecule has 0 aliphatic heterocycles. The van der Waals surface area contributed by atoms with Crippen LogP contribution in [0.1, 0.15) is 30.5 Å². The predicted octanol–water partition coefficient (Wildman–Crippen LogP) is 3.85. The Morgan fingerprint density at radius 3 is 2.25 bits per heavy atom. The summed E-state index contributed by atoms with van der Waals surface area (Å²) in [5.74, 6) is -0.205. The molecule has 2 aromatic rings. The molecule has 0 saturated carbocycles. The predicted molar refractivity (Wildman–Crippen MR) is 82.3 cm³/mol. The highest BCUT2D eigenvalue weighted by Gasteiger charge is 2.25. The molecule has 2 N–H and O–H groups in total. The molecule has 0 saturated heterocycles. The van der Waals surface area contributed by atoms with Crippen molar-refractivity contribution in [1.29, 1.82) is 0 Å². The summed E-state index contributed by atoms with van der Waals surface area (Å²) in [7, 11) is 0. The molecule has 0 heterocycles. The molecule has 1 atom stereocenters. The Balaban J connectivity index is 2.26. The lowest BCUT2D eigenvalue weighted by Crippen LogP contribution is -2.34. The van der Waals surface area contributed by atoms with Gasteiger partial charge in [-0.2, -0.15) is 0 Å². The molecule has 0 fully saturated rings. The SMILES string of the molecule is CCc1ccc(CC(C)(CN)c2cccc(F)c2)cc1. The van der Waals surface area contributed by atoms with E-state index < -0.39 is 0 Å². The van der Waals surface area contributed by atoms with Crippen LogP contribution in [0.15, 0.2) is 48.5 Å². The molecule has 0 spiro atoms. The largest absolute Gasteiger partial charge is 0.330 e. The second-order valence-electron chi connectivity index (χ2n) is 5.62. The molecule has 0 radical (unpaired) electrons. The van der Waals surface area contributed by atoms with Gasteiger partial charge in [0.1, 0.15) is 5.82 Å². The van der Waals surface area contributed by atoms with Gasteiger partial charge in [0, 0.05) is 12.0 Å². The highest BCUT2D eigenvalue weighted by atomic mass is 19.1. The first-order chi connectivity index (χ1) is 9.57. The third-order valence-corrected chi connectivity index (χ3v) is 4.00. The number of halogens is 1. The molecular formula is C18H22FN. The maximum atomic E-state index is 13.4. The van der Waals surface area contributed by atoms with Gasteiger partial charge in [0.2, 0.25) is 0 Å². The van der Waals surface area contributed by atoms with E-state index in [1.54, 1.807) is 12.1 Å². The fourth-order valence-electron chi connectivity index (χ4n) is 2.50. The van der Waals surface area contributed by atoms with E-state index >= 15 is 0 Å². The van der Waals surface area contributed by atoms with Gasteiger partial charge in [0.15, 0.2) is 0 Å². The van der Waals surface area contributed by atoms with E-state index in [1.165, 1.54) is 17.2 Å². The minimum Gasteiger partial charge on any atom is -0.330 e. The van der Waals surface area contributed by atoms with Gasteiger partial charge in [-0.3, -0.25) is 0 Å². The van der Waals surface area contributed by atoms with Crippen LogP contribution >= 0.6 is 0 Å². The van der Waals surface area contributed by atoms with Gasteiger partial charge in [-0.05, 0) is 41.7 Å². The molecule has 0 amide bonds. The van der Waals surface area contributed by atoms with Crippen molar-refractivity contribution >= 4 is 0 Å². The van der Waals surface area contributed by atoms with E-state index in [4.69, 9.17) is 5.73 Å². The third kappa shape index (κ3) is 3.26. The summed E-state index contributed by atoms with van der Waals surface area (Å²) in [6.45, 7) is 4.73. The fourth-order valence-corrected chi connectivity index (χ4v) is 2.50. The van der Waals surface area contributed by atoms with Crippen molar-refractivity contribution in [3.63, 3.8) is 0 Å². The van der Waals surface area contributed by atoms with E-state index in [0.29, 0.717) is 6.54 Å². The average molecular weight is 271 g/mol. The van der Waals surface area contributed by atoms with Gasteiger partial charge in [-0.1, -0.05) is 50.2 Å². The fraction of sp³-hybridized carbons (Fsp3) is 0.333. The second kappa shape index (κ2) is 6.19. The molecular weight excluding hydrogens is 249 g/mol. The number of hydrogen-bond donors (Lipinski definition) is 1. The molecule has 1 unspecified atom stereocenters. The average Bonchev–Trinajstić information content (AvgIpc) is 2.48. The normalized spacial score (nSPS) is 14.0. The molecule has 1 nitrogen and oxygen atoms in total. The molecule has 20 heavy (non-hydrogen) atoms. The van der Waals surface area contributed by atoms with Crippen molar-refractivity contribution in [1.82, 2.24) is 0 Å². The van der Waals surface area contributed by atoms with Crippen LogP contribution in [0, 0.1) is 5.82 Å². The van der Waals surface area contributed by atoms with Gasteiger partial charge in [-0.15, -0.1) is 0 Å². The lowest BCUT2D eigenvalue weighted by molar-refractivity contribution is 0.476. The van der Waals surface area contributed by atoms with Gasteiger partial charge in [0.25, 0.3) is 0 Å². The maximum absolute atomic E-state index is 13.4. The zero-order valence-corrected chi connectivity index (χ0v) is 12.2. The number of nitrogens with two attached hydrogens (primary N) is 1. The van der Waals surface area contributed by atoms with Crippen molar-refractivity contribution < 1.29 is 4.39 Å². The van der Waals surface area contributed by atoms with Crippen LogP contribution in [0.2, 0.25) is 0 Å². The number of hydrogen-bond acceptors (Lipinski definition) is 1. The summed E-state index contributed by atoms with van der Waals surface area (Å²) in [5, 5.41) is 0. The highest BCUT2D eigenvalue weighted by Crippen LogP contribution is 2.28. The molecule has 0 bridgehead atoms. The van der Waals surface area contributed by atoms with Gasteiger partial charge in [-0.25, -0.2) is 4.39 Å². The van der Waals surface area contributed by atoms with Gasteiger partial charge < -0.3 is 5.73 Å². The van der Waals surface area contributed by atoms with Gasteiger partial charge in [0.05, 0.1) is 0 Å². The number of benzene rings is 2. The first-order valence-electron chi connectivity index (χ1n) is 7.11. The first kappa shape index (κ1) is 14.7. The van der Waals surface area contributed by atoms with Crippen LogP contribution in [0.3, 0.4) is 0 Å². The van der Waals surface area contributed by atoms with Crippen LogP contribution < -0.4 is 5.73 Å². The van der Waals surface area contributed by atoms with E-state index in [9.17, 15) is 4.39 Å². The van der Waals surface area contributed by atoms with Crippen LogP contribution in [-0.2, 0) is 18.3 Å². The minimum atomic E-state index is -0.240. The summed E-state index contributed by atoms with van der Waals surface area (Å²) in [6.07, 6.45) is 1.86. The summed E-state index contributed by atoms with van der Waals surface area (Å²) < 4.78 is 13.4. The van der Waals surface area contributed by atoms with Crippen LogP contribution in [-0.4, -0.2) is 6.54 Å². The Morgan fingerprint density at radius 1 is 1.05 bits per heavy atom. The third-order valence-electron chi connectivity index (χ3n) is 4.00. The Hall–Kier alpha value is -1.67. The summed E-state index contributed by atoms with van der Waals surface area (Å²) in [5.41, 5.74) is 9.25. The monoisotopic (exact) mass is 271 g/mol. The zero-order valence-electron chi connectivity index (χ0n) is 12.2. The summed E-state index contributed by atoms with van der Waals surface area (Å²) in [6, 6.07) is 15.4. The van der Waals surface area contributed by atoms with Gasteiger partial charge >= 0.3 is 0 Å². The molecule has 0 aliphatic carbocycles. The van der Waals surface area contributed by atoms with E-state index in [2.05, 4.69) is 38.1 Å². The van der Waals surface area contributed by atoms with E-state index in [1.807, 2.05) is 6.07 Å². The first-order valence-corrected chi connectivity index (χ1v) is 7.11. The maximum Gasteiger partial charge on any atom is 0.123 e. The lowest BCUT2D eigenvalue weighted by Gasteiger charge is -2.29. The van der Waals surface area contributed by atoms with Crippen LogP contribution in [0.4, 0.5) is 4.39 Å². The van der Waals surface area contributed by atoms with Crippen molar-refractivity contribution in [3.05, 3.63) is 71.0 Å². The number of rotatable bonds is 5. The second-order valence-corrected chi connectivity index (χ2v) is 5.62.